The highest BCUT2D eigenvalue weighted by Gasteiger charge is 2.15. The molecule has 1 heterocycles. The van der Waals surface area contributed by atoms with Crippen LogP contribution in [0.1, 0.15) is 0 Å². The normalized spacial score (nSPS) is 23.0. The first-order chi connectivity index (χ1) is 3.83. The van der Waals surface area contributed by atoms with Crippen LogP contribution in [0.5, 0.6) is 0 Å². The molecule has 0 aromatic rings. The molecule has 0 radical (unpaired) electrons. The molecule has 0 bridgehead atoms. The molecule has 1 rings (SSSR count). The molecule has 8 heavy (non-hydrogen) atoms. The second-order valence-electron chi connectivity index (χ2n) is 1.27. The lowest BCUT2D eigenvalue weighted by molar-refractivity contribution is -0.119. The van der Waals surface area contributed by atoms with Gasteiger partial charge in [-0.25, -0.2) is 0 Å². The van der Waals surface area contributed by atoms with Crippen LogP contribution in [-0.4, -0.2) is 18.5 Å². The molecule has 3 N–H and O–H groups in total. The highest BCUT2D eigenvalue weighted by molar-refractivity contribution is 5.99. The summed E-state index contributed by atoms with van der Waals surface area (Å²) in [6.45, 7) is 0.0238. The lowest BCUT2D eigenvalue weighted by Gasteiger charge is -1.87. The number of amides is 1. The van der Waals surface area contributed by atoms with Crippen molar-refractivity contribution in [1.29, 1.82) is 0 Å². The minimum Gasteiger partial charge on any atom is -0.454 e. The first-order valence-electron chi connectivity index (χ1n) is 2.03. The fourth-order valence-electron chi connectivity index (χ4n) is 0.395. The van der Waals surface area contributed by atoms with E-state index in [4.69, 9.17) is 5.84 Å². The number of hydrogen-bond donors (Lipinski definition) is 2. The average molecular weight is 115 g/mol. The summed E-state index contributed by atoms with van der Waals surface area (Å²) < 4.78 is 4.58. The summed E-state index contributed by atoms with van der Waals surface area (Å²) in [7, 11) is 0. The van der Waals surface area contributed by atoms with Crippen molar-refractivity contribution in [3.8, 4) is 0 Å². The van der Waals surface area contributed by atoms with E-state index in [-0.39, 0.29) is 18.5 Å². The average Bonchev–Trinajstić information content (AvgIpc) is 2.14. The van der Waals surface area contributed by atoms with Crippen LogP contribution in [-0.2, 0) is 9.53 Å². The third-order valence-electron chi connectivity index (χ3n) is 0.704. The Labute approximate surface area is 45.5 Å². The predicted molar refractivity (Wildman–Crippen MR) is 25.7 cm³/mol. The monoisotopic (exact) mass is 115 g/mol. The molecule has 0 saturated carbocycles. The minimum atomic E-state index is -0.214. The van der Waals surface area contributed by atoms with Crippen LogP contribution in [0.25, 0.3) is 0 Å². The Balaban J connectivity index is 2.56. The minimum absolute atomic E-state index is 0.0238. The molecule has 1 saturated heterocycles. The van der Waals surface area contributed by atoms with Crippen LogP contribution in [0.15, 0.2) is 5.10 Å². The number of hydrazone groups is 1. The maximum atomic E-state index is 10.2. The van der Waals surface area contributed by atoms with Gasteiger partial charge < -0.3 is 10.6 Å². The summed E-state index contributed by atoms with van der Waals surface area (Å²) in [6, 6.07) is 0.0926. The zero-order valence-corrected chi connectivity index (χ0v) is 4.05. The molecule has 0 aliphatic carbocycles. The van der Waals surface area contributed by atoms with Crippen molar-refractivity contribution in [1.82, 2.24) is 5.32 Å². The molecule has 0 spiro atoms. The maximum Gasteiger partial charge on any atom is 0.313 e. The topological polar surface area (TPSA) is 76.7 Å². The zero-order valence-electron chi connectivity index (χ0n) is 4.05. The molecule has 1 aliphatic heterocycles. The van der Waals surface area contributed by atoms with Gasteiger partial charge in [-0.05, 0) is 0 Å². The number of nitrogens with zero attached hydrogens (tertiary/aromatic N) is 1. The number of carbonyl (C=O) groups excluding carboxylic acids is 1. The largest absolute Gasteiger partial charge is 0.454 e. The Morgan fingerprint density at radius 3 is 2.88 bits per heavy atom. The van der Waals surface area contributed by atoms with Crippen LogP contribution < -0.4 is 11.2 Å². The lowest BCUT2D eigenvalue weighted by Crippen LogP contribution is -2.21. The Bertz CT molecular complexity index is 141. The maximum absolute atomic E-state index is 10.2. The lowest BCUT2D eigenvalue weighted by atomic mass is 10.7. The highest BCUT2D eigenvalue weighted by atomic mass is 16.5. The van der Waals surface area contributed by atoms with E-state index in [1.165, 1.54) is 0 Å². The third kappa shape index (κ3) is 0.699. The smallest absolute Gasteiger partial charge is 0.313 e. The number of nitrogens with two attached hydrogens (primary N) is 1. The molecule has 5 heteroatoms. The van der Waals surface area contributed by atoms with E-state index in [2.05, 4.69) is 15.2 Å². The zero-order chi connectivity index (χ0) is 5.98. The Morgan fingerprint density at radius 1 is 1.88 bits per heavy atom. The summed E-state index contributed by atoms with van der Waals surface area (Å²) in [5.41, 5.74) is 0. The molecule has 1 amide bonds. The quantitative estimate of drug-likeness (QED) is 0.293. The number of amidine groups is 1. The van der Waals surface area contributed by atoms with Gasteiger partial charge in [0, 0.05) is 0 Å². The third-order valence-corrected chi connectivity index (χ3v) is 0.704. The van der Waals surface area contributed by atoms with Crippen LogP contribution in [0, 0.1) is 0 Å². The Morgan fingerprint density at radius 2 is 2.62 bits per heavy atom. The summed E-state index contributed by atoms with van der Waals surface area (Å²) in [4.78, 5) is 10.2. The van der Waals surface area contributed by atoms with Crippen molar-refractivity contribution < 1.29 is 9.53 Å². The SMILES string of the molecule is N/N=C1/NC(=O)CO1. The van der Waals surface area contributed by atoms with E-state index in [1.54, 1.807) is 0 Å². The van der Waals surface area contributed by atoms with Gasteiger partial charge in [0.15, 0.2) is 6.61 Å². The standard InChI is InChI=1S/C3H5N3O2/c4-6-3-5-2(7)1-8-3/h1,4H2,(H,5,6,7). The van der Waals surface area contributed by atoms with Crippen LogP contribution >= 0.6 is 0 Å². The van der Waals surface area contributed by atoms with Gasteiger partial charge in [-0.2, -0.15) is 0 Å². The number of nitrogens with one attached hydrogen (secondary N) is 1. The van der Waals surface area contributed by atoms with Crippen molar-refractivity contribution in [2.75, 3.05) is 6.61 Å². The van der Waals surface area contributed by atoms with E-state index < -0.39 is 0 Å². The number of ether oxygens (including phenoxy) is 1. The Kier molecular flexibility index (Phi) is 1.03. The highest BCUT2D eigenvalue weighted by Crippen LogP contribution is 1.85. The molecular weight excluding hydrogens is 110 g/mol. The van der Waals surface area contributed by atoms with Crippen LogP contribution in [0.2, 0.25) is 0 Å². The van der Waals surface area contributed by atoms with E-state index in [0.717, 1.165) is 0 Å². The van der Waals surface area contributed by atoms with Gasteiger partial charge in [0.2, 0.25) is 0 Å². The second kappa shape index (κ2) is 1.69. The first-order valence-corrected chi connectivity index (χ1v) is 2.03. The molecule has 44 valence electrons. The van der Waals surface area contributed by atoms with E-state index in [0.29, 0.717) is 0 Å². The fraction of sp³-hybridized carbons (Fsp3) is 0.333. The van der Waals surface area contributed by atoms with Crippen molar-refractivity contribution in [2.24, 2.45) is 10.9 Å². The molecule has 1 fully saturated rings. The van der Waals surface area contributed by atoms with E-state index in [1.807, 2.05) is 0 Å². The number of carbonyl (C=O) groups is 1. The predicted octanol–water partition coefficient (Wildman–Crippen LogP) is -1.64. The Hall–Kier alpha value is -1.26. The molecular formula is C3H5N3O2. The molecule has 0 unspecified atom stereocenters. The molecule has 0 aromatic carbocycles. The van der Waals surface area contributed by atoms with Gasteiger partial charge in [-0.1, -0.05) is 0 Å². The summed E-state index contributed by atoms with van der Waals surface area (Å²) >= 11 is 0. The van der Waals surface area contributed by atoms with Crippen molar-refractivity contribution in [2.45, 2.75) is 0 Å². The molecule has 0 atom stereocenters. The van der Waals surface area contributed by atoms with Crippen LogP contribution in [0.4, 0.5) is 0 Å². The van der Waals surface area contributed by atoms with E-state index >= 15 is 0 Å². The van der Waals surface area contributed by atoms with Crippen LogP contribution in [0.3, 0.4) is 0 Å². The van der Waals surface area contributed by atoms with Gasteiger partial charge in [0.1, 0.15) is 0 Å². The number of rotatable bonds is 0. The summed E-state index contributed by atoms with van der Waals surface area (Å²) in [5, 5.41) is 5.37. The van der Waals surface area contributed by atoms with Crippen molar-refractivity contribution >= 4 is 11.9 Å². The first kappa shape index (κ1) is 4.89. The van der Waals surface area contributed by atoms with E-state index in [9.17, 15) is 4.79 Å². The summed E-state index contributed by atoms with van der Waals surface area (Å²) in [6.07, 6.45) is 0. The van der Waals surface area contributed by atoms with Crippen molar-refractivity contribution in [3.63, 3.8) is 0 Å². The summed E-state index contributed by atoms with van der Waals surface area (Å²) in [5.74, 6) is 4.53. The van der Waals surface area contributed by atoms with Gasteiger partial charge >= 0.3 is 6.02 Å². The van der Waals surface area contributed by atoms with Gasteiger partial charge in [-0.15, -0.1) is 5.10 Å². The number of hydrogen-bond acceptors (Lipinski definition) is 4. The van der Waals surface area contributed by atoms with Gasteiger partial charge in [0.05, 0.1) is 0 Å². The molecule has 0 aromatic heterocycles. The fourth-order valence-corrected chi connectivity index (χ4v) is 0.395. The van der Waals surface area contributed by atoms with Gasteiger partial charge in [-0.3, -0.25) is 10.1 Å². The van der Waals surface area contributed by atoms with Crippen molar-refractivity contribution in [3.05, 3.63) is 0 Å². The second-order valence-corrected chi connectivity index (χ2v) is 1.27. The molecule has 5 nitrogen and oxygen atoms in total. The van der Waals surface area contributed by atoms with Gasteiger partial charge in [0.25, 0.3) is 5.91 Å². The molecule has 1 aliphatic rings.